The molecule has 0 radical (unpaired) electrons. The third-order valence-electron chi connectivity index (χ3n) is 2.06. The summed E-state index contributed by atoms with van der Waals surface area (Å²) in [6, 6.07) is 4.54. The lowest BCUT2D eigenvalue weighted by atomic mass is 9.88. The van der Waals surface area contributed by atoms with Crippen molar-refractivity contribution in [2.24, 2.45) is 5.41 Å². The normalized spacial score (nSPS) is 11.7. The van der Waals surface area contributed by atoms with E-state index in [1.807, 2.05) is 0 Å². The van der Waals surface area contributed by atoms with E-state index in [9.17, 15) is 4.39 Å². The van der Waals surface area contributed by atoms with Crippen LogP contribution in [-0.4, -0.2) is 10.4 Å². The van der Waals surface area contributed by atoms with Gasteiger partial charge in [0.05, 0.1) is 0 Å². The maximum atomic E-state index is 13.0. The molecule has 1 aromatic rings. The highest BCUT2D eigenvalue weighted by molar-refractivity contribution is 9.09. The van der Waals surface area contributed by atoms with Gasteiger partial charge in [-0.3, -0.25) is 0 Å². The summed E-state index contributed by atoms with van der Waals surface area (Å²) in [5, 5.41) is 9.88. The van der Waals surface area contributed by atoms with Gasteiger partial charge in [0, 0.05) is 5.33 Å². The van der Waals surface area contributed by atoms with Crippen molar-refractivity contribution < 1.29 is 9.50 Å². The van der Waals surface area contributed by atoms with Crippen molar-refractivity contribution in [1.29, 1.82) is 0 Å². The molecule has 0 bridgehead atoms. The van der Waals surface area contributed by atoms with E-state index in [-0.39, 0.29) is 11.2 Å². The summed E-state index contributed by atoms with van der Waals surface area (Å²) >= 11 is 3.42. The summed E-state index contributed by atoms with van der Waals surface area (Å²) in [6.07, 6.45) is 0.787. The topological polar surface area (TPSA) is 20.2 Å². The van der Waals surface area contributed by atoms with Crippen LogP contribution in [0.25, 0.3) is 0 Å². The van der Waals surface area contributed by atoms with Gasteiger partial charge in [-0.05, 0) is 29.5 Å². The van der Waals surface area contributed by atoms with Gasteiger partial charge in [0.2, 0.25) is 0 Å². The van der Waals surface area contributed by atoms with Crippen LogP contribution in [0.1, 0.15) is 19.4 Å². The smallest absolute Gasteiger partial charge is 0.165 e. The minimum Gasteiger partial charge on any atom is -0.505 e. The quantitative estimate of drug-likeness (QED) is 0.826. The molecule has 0 heterocycles. The van der Waals surface area contributed by atoms with Crippen molar-refractivity contribution >= 4 is 15.9 Å². The number of phenolic OH excluding ortho intramolecular Hbond substituents is 1. The lowest BCUT2D eigenvalue weighted by molar-refractivity contribution is 0.415. The number of hydrogen-bond acceptors (Lipinski definition) is 1. The summed E-state index contributed by atoms with van der Waals surface area (Å²) in [5.41, 5.74) is 1.01. The zero-order chi connectivity index (χ0) is 10.8. The Balaban J connectivity index is 2.83. The summed E-state index contributed by atoms with van der Waals surface area (Å²) in [5.74, 6) is -0.835. The Hall–Kier alpha value is -0.570. The van der Waals surface area contributed by atoms with Crippen LogP contribution in [0.4, 0.5) is 4.39 Å². The highest BCUT2D eigenvalue weighted by Crippen LogP contribution is 2.26. The molecule has 78 valence electrons. The first kappa shape index (κ1) is 11.5. The number of benzene rings is 1. The van der Waals surface area contributed by atoms with Crippen molar-refractivity contribution in [2.75, 3.05) is 5.33 Å². The maximum Gasteiger partial charge on any atom is 0.165 e. The molecule has 0 aliphatic heterocycles. The Kier molecular flexibility index (Phi) is 3.53. The monoisotopic (exact) mass is 260 g/mol. The van der Waals surface area contributed by atoms with Crippen molar-refractivity contribution in [3.05, 3.63) is 29.6 Å². The molecular weight excluding hydrogens is 247 g/mol. The molecule has 0 amide bonds. The standard InChI is InChI=1S/C11H14BrFO/c1-11(2,7-12)6-8-3-4-10(14)9(13)5-8/h3-5,14H,6-7H2,1-2H3. The van der Waals surface area contributed by atoms with E-state index in [4.69, 9.17) is 5.11 Å². The predicted octanol–water partition coefficient (Wildman–Crippen LogP) is 3.49. The van der Waals surface area contributed by atoms with E-state index in [1.54, 1.807) is 6.07 Å². The number of alkyl halides is 1. The number of phenols is 1. The van der Waals surface area contributed by atoms with E-state index >= 15 is 0 Å². The molecular formula is C11H14BrFO. The summed E-state index contributed by atoms with van der Waals surface area (Å²) in [7, 11) is 0. The number of hydrogen-bond donors (Lipinski definition) is 1. The average Bonchev–Trinajstić information content (AvgIpc) is 2.11. The first-order chi connectivity index (χ1) is 6.44. The van der Waals surface area contributed by atoms with Gasteiger partial charge in [-0.15, -0.1) is 0 Å². The van der Waals surface area contributed by atoms with Gasteiger partial charge in [-0.2, -0.15) is 0 Å². The van der Waals surface area contributed by atoms with Crippen LogP contribution >= 0.6 is 15.9 Å². The fourth-order valence-corrected chi connectivity index (χ4v) is 1.46. The molecule has 0 fully saturated rings. The van der Waals surface area contributed by atoms with Gasteiger partial charge >= 0.3 is 0 Å². The molecule has 0 aromatic heterocycles. The molecule has 0 aliphatic rings. The largest absolute Gasteiger partial charge is 0.505 e. The third kappa shape index (κ3) is 2.98. The predicted molar refractivity (Wildman–Crippen MR) is 59.3 cm³/mol. The first-order valence-corrected chi connectivity index (χ1v) is 5.60. The number of rotatable bonds is 3. The minimum absolute atomic E-state index is 0.101. The van der Waals surface area contributed by atoms with Crippen LogP contribution < -0.4 is 0 Å². The maximum absolute atomic E-state index is 13.0. The molecule has 1 N–H and O–H groups in total. The van der Waals surface area contributed by atoms with Gasteiger partial charge in [-0.25, -0.2) is 4.39 Å². The Morgan fingerprint density at radius 2 is 2.07 bits per heavy atom. The lowest BCUT2D eigenvalue weighted by Crippen LogP contribution is -2.16. The van der Waals surface area contributed by atoms with Crippen LogP contribution in [0, 0.1) is 11.2 Å². The minimum atomic E-state index is -0.548. The second-order valence-corrected chi connectivity index (χ2v) is 4.82. The van der Waals surface area contributed by atoms with Gasteiger partial charge in [0.25, 0.3) is 0 Å². The fourth-order valence-electron chi connectivity index (χ4n) is 1.26. The lowest BCUT2D eigenvalue weighted by Gasteiger charge is -2.21. The second-order valence-electron chi connectivity index (χ2n) is 4.26. The molecule has 14 heavy (non-hydrogen) atoms. The third-order valence-corrected chi connectivity index (χ3v) is 3.57. The van der Waals surface area contributed by atoms with E-state index in [1.165, 1.54) is 12.1 Å². The molecule has 1 rings (SSSR count). The van der Waals surface area contributed by atoms with E-state index < -0.39 is 5.82 Å². The van der Waals surface area contributed by atoms with Crippen LogP contribution in [0.3, 0.4) is 0 Å². The molecule has 0 saturated heterocycles. The van der Waals surface area contributed by atoms with Crippen molar-refractivity contribution in [1.82, 2.24) is 0 Å². The Morgan fingerprint density at radius 3 is 2.57 bits per heavy atom. The van der Waals surface area contributed by atoms with Crippen molar-refractivity contribution in [2.45, 2.75) is 20.3 Å². The summed E-state index contributed by atoms with van der Waals surface area (Å²) in [4.78, 5) is 0. The van der Waals surface area contributed by atoms with Crippen LogP contribution in [0.15, 0.2) is 18.2 Å². The molecule has 0 aliphatic carbocycles. The van der Waals surface area contributed by atoms with Crippen LogP contribution in [0.5, 0.6) is 5.75 Å². The summed E-state index contributed by atoms with van der Waals surface area (Å²) < 4.78 is 13.0. The SMILES string of the molecule is CC(C)(CBr)Cc1ccc(O)c(F)c1. The van der Waals surface area contributed by atoms with Gasteiger partial charge in [-0.1, -0.05) is 35.8 Å². The Morgan fingerprint density at radius 1 is 1.43 bits per heavy atom. The fraction of sp³-hybridized carbons (Fsp3) is 0.455. The van der Waals surface area contributed by atoms with Crippen molar-refractivity contribution in [3.8, 4) is 5.75 Å². The van der Waals surface area contributed by atoms with E-state index in [0.717, 1.165) is 17.3 Å². The Labute approximate surface area is 92.1 Å². The average molecular weight is 261 g/mol. The molecule has 1 aromatic carbocycles. The second kappa shape index (κ2) is 4.30. The number of halogens is 2. The van der Waals surface area contributed by atoms with Gasteiger partial charge in [0.1, 0.15) is 0 Å². The molecule has 0 saturated carbocycles. The highest BCUT2D eigenvalue weighted by Gasteiger charge is 2.17. The van der Waals surface area contributed by atoms with Gasteiger partial charge < -0.3 is 5.11 Å². The van der Waals surface area contributed by atoms with Crippen molar-refractivity contribution in [3.63, 3.8) is 0 Å². The van der Waals surface area contributed by atoms with E-state index in [2.05, 4.69) is 29.8 Å². The molecule has 1 nitrogen and oxygen atoms in total. The molecule has 0 unspecified atom stereocenters. The van der Waals surface area contributed by atoms with E-state index in [0.29, 0.717) is 0 Å². The van der Waals surface area contributed by atoms with Gasteiger partial charge in [0.15, 0.2) is 11.6 Å². The zero-order valence-electron chi connectivity index (χ0n) is 8.35. The first-order valence-electron chi connectivity index (χ1n) is 4.48. The molecule has 3 heteroatoms. The van der Waals surface area contributed by atoms with Crippen LogP contribution in [-0.2, 0) is 6.42 Å². The zero-order valence-corrected chi connectivity index (χ0v) is 9.94. The molecule has 0 atom stereocenters. The molecule has 0 spiro atoms. The highest BCUT2D eigenvalue weighted by atomic mass is 79.9. The number of aromatic hydroxyl groups is 1. The summed E-state index contributed by atoms with van der Waals surface area (Å²) in [6.45, 7) is 4.21. The Bertz CT molecular complexity index is 323. The van der Waals surface area contributed by atoms with Crippen LogP contribution in [0.2, 0.25) is 0 Å².